The number of aromatic nitrogens is 3. The molecule has 2 N–H and O–H groups in total. The van der Waals surface area contributed by atoms with Crippen LogP contribution in [0.1, 0.15) is 39.3 Å². The Balaban J connectivity index is 2.05. The molecule has 1 atom stereocenters. The van der Waals surface area contributed by atoms with Gasteiger partial charge >= 0.3 is 0 Å². The van der Waals surface area contributed by atoms with Crippen LogP contribution in [-0.2, 0) is 17.7 Å². The summed E-state index contributed by atoms with van der Waals surface area (Å²) in [5.41, 5.74) is 6.76. The molecular weight excluding hydrogens is 204 g/mol. The third kappa shape index (κ3) is 2.19. The van der Waals surface area contributed by atoms with Gasteiger partial charge in [0, 0.05) is 0 Å². The molecule has 0 spiro atoms. The SMILES string of the molecule is CCc1c(N)nnn1CC1CCC(C)(C)O1. The van der Waals surface area contributed by atoms with Crippen LogP contribution in [-0.4, -0.2) is 26.7 Å². The van der Waals surface area contributed by atoms with Crippen molar-refractivity contribution in [3.8, 4) is 0 Å². The summed E-state index contributed by atoms with van der Waals surface area (Å²) in [5, 5.41) is 7.96. The second-order valence-corrected chi connectivity index (χ2v) is 5.00. The van der Waals surface area contributed by atoms with Crippen molar-refractivity contribution in [2.75, 3.05) is 5.73 Å². The Labute approximate surface area is 96.0 Å². The lowest BCUT2D eigenvalue weighted by Crippen LogP contribution is -2.24. The highest BCUT2D eigenvalue weighted by atomic mass is 16.5. The maximum Gasteiger partial charge on any atom is 0.169 e. The molecule has 1 saturated heterocycles. The number of hydrogen-bond acceptors (Lipinski definition) is 4. The number of ether oxygens (including phenoxy) is 1. The lowest BCUT2D eigenvalue weighted by molar-refractivity contribution is -0.0234. The molecule has 1 aromatic heterocycles. The zero-order valence-electron chi connectivity index (χ0n) is 10.2. The zero-order valence-corrected chi connectivity index (χ0v) is 10.2. The molecule has 5 nitrogen and oxygen atoms in total. The van der Waals surface area contributed by atoms with Crippen molar-refractivity contribution in [2.24, 2.45) is 0 Å². The standard InChI is InChI=1S/C11H20N4O/c1-4-9-10(12)13-14-15(9)7-8-5-6-11(2,3)16-8/h8H,4-7,12H2,1-3H3. The zero-order chi connectivity index (χ0) is 11.8. The second kappa shape index (κ2) is 4.05. The quantitative estimate of drug-likeness (QED) is 0.842. The fourth-order valence-corrected chi connectivity index (χ4v) is 2.26. The summed E-state index contributed by atoms with van der Waals surface area (Å²) in [6, 6.07) is 0. The predicted molar refractivity (Wildman–Crippen MR) is 62.0 cm³/mol. The van der Waals surface area contributed by atoms with E-state index in [-0.39, 0.29) is 11.7 Å². The average molecular weight is 224 g/mol. The van der Waals surface area contributed by atoms with E-state index in [1.165, 1.54) is 0 Å². The Morgan fingerprint density at radius 1 is 1.56 bits per heavy atom. The van der Waals surface area contributed by atoms with Gasteiger partial charge in [-0.15, -0.1) is 5.10 Å². The summed E-state index contributed by atoms with van der Waals surface area (Å²) >= 11 is 0. The number of nitrogens with zero attached hydrogens (tertiary/aromatic N) is 3. The van der Waals surface area contributed by atoms with Gasteiger partial charge in [-0.05, 0) is 33.1 Å². The van der Waals surface area contributed by atoms with E-state index in [4.69, 9.17) is 10.5 Å². The molecule has 0 aliphatic carbocycles. The van der Waals surface area contributed by atoms with Crippen LogP contribution >= 0.6 is 0 Å². The van der Waals surface area contributed by atoms with Crippen molar-refractivity contribution in [2.45, 2.75) is 58.3 Å². The molecule has 0 bridgehead atoms. The first-order valence-electron chi connectivity index (χ1n) is 5.87. The third-order valence-electron chi connectivity index (χ3n) is 3.13. The van der Waals surface area contributed by atoms with Gasteiger partial charge in [0.05, 0.1) is 23.9 Å². The van der Waals surface area contributed by atoms with Gasteiger partial charge in [-0.25, -0.2) is 4.68 Å². The topological polar surface area (TPSA) is 66.0 Å². The highest BCUT2D eigenvalue weighted by Gasteiger charge is 2.32. The molecule has 0 aromatic carbocycles. The van der Waals surface area contributed by atoms with E-state index in [9.17, 15) is 0 Å². The van der Waals surface area contributed by atoms with Gasteiger partial charge < -0.3 is 10.5 Å². The molecule has 0 amide bonds. The lowest BCUT2D eigenvalue weighted by Gasteiger charge is -2.19. The fraction of sp³-hybridized carbons (Fsp3) is 0.818. The third-order valence-corrected chi connectivity index (χ3v) is 3.13. The number of nitrogens with two attached hydrogens (primary N) is 1. The second-order valence-electron chi connectivity index (χ2n) is 5.00. The van der Waals surface area contributed by atoms with Crippen LogP contribution in [0.25, 0.3) is 0 Å². The monoisotopic (exact) mass is 224 g/mol. The average Bonchev–Trinajstić information content (AvgIpc) is 2.71. The Morgan fingerprint density at radius 3 is 2.88 bits per heavy atom. The molecule has 1 aromatic rings. The molecule has 1 aliphatic heterocycles. The fourth-order valence-electron chi connectivity index (χ4n) is 2.26. The Morgan fingerprint density at radius 2 is 2.31 bits per heavy atom. The summed E-state index contributed by atoms with van der Waals surface area (Å²) in [5.74, 6) is 0.541. The lowest BCUT2D eigenvalue weighted by atomic mass is 10.1. The highest BCUT2D eigenvalue weighted by Crippen LogP contribution is 2.30. The minimum absolute atomic E-state index is 0.00315. The molecule has 5 heteroatoms. The van der Waals surface area contributed by atoms with Crippen LogP contribution < -0.4 is 5.73 Å². The van der Waals surface area contributed by atoms with E-state index in [1.54, 1.807) is 0 Å². The molecule has 2 heterocycles. The van der Waals surface area contributed by atoms with Crippen molar-refractivity contribution >= 4 is 5.82 Å². The van der Waals surface area contributed by atoms with Gasteiger partial charge in [-0.3, -0.25) is 0 Å². The largest absolute Gasteiger partial charge is 0.381 e. The summed E-state index contributed by atoms with van der Waals surface area (Å²) in [6.07, 6.45) is 3.27. The van der Waals surface area contributed by atoms with Crippen molar-refractivity contribution in [3.05, 3.63) is 5.69 Å². The number of anilines is 1. The Bertz CT molecular complexity index is 372. The first kappa shape index (κ1) is 11.4. The van der Waals surface area contributed by atoms with Crippen LogP contribution in [0.5, 0.6) is 0 Å². The number of rotatable bonds is 3. The smallest absolute Gasteiger partial charge is 0.169 e. The van der Waals surface area contributed by atoms with Crippen molar-refractivity contribution in [1.82, 2.24) is 15.0 Å². The number of hydrogen-bond donors (Lipinski definition) is 1. The molecule has 0 radical (unpaired) electrons. The molecule has 16 heavy (non-hydrogen) atoms. The molecule has 90 valence electrons. The van der Waals surface area contributed by atoms with Crippen LogP contribution in [0.15, 0.2) is 0 Å². The molecular formula is C11H20N4O. The van der Waals surface area contributed by atoms with Gasteiger partial charge in [0.25, 0.3) is 0 Å². The van der Waals surface area contributed by atoms with E-state index in [2.05, 4.69) is 31.1 Å². The minimum atomic E-state index is 0.00315. The van der Waals surface area contributed by atoms with E-state index < -0.39 is 0 Å². The maximum absolute atomic E-state index is 5.93. The first-order chi connectivity index (χ1) is 7.52. The normalized spacial score (nSPS) is 23.8. The van der Waals surface area contributed by atoms with E-state index >= 15 is 0 Å². The van der Waals surface area contributed by atoms with Gasteiger partial charge in [0.1, 0.15) is 0 Å². The maximum atomic E-state index is 5.93. The summed E-state index contributed by atoms with van der Waals surface area (Å²) in [7, 11) is 0. The molecule has 1 aliphatic rings. The van der Waals surface area contributed by atoms with E-state index in [1.807, 2.05) is 4.68 Å². The summed E-state index contributed by atoms with van der Waals surface area (Å²) in [4.78, 5) is 0. The predicted octanol–water partition coefficient (Wildman–Crippen LogP) is 1.38. The molecule has 1 unspecified atom stereocenters. The van der Waals surface area contributed by atoms with Gasteiger partial charge in [0.15, 0.2) is 5.82 Å². The highest BCUT2D eigenvalue weighted by molar-refractivity contribution is 5.32. The van der Waals surface area contributed by atoms with Gasteiger partial charge in [-0.1, -0.05) is 12.1 Å². The molecule has 0 saturated carbocycles. The minimum Gasteiger partial charge on any atom is -0.381 e. The van der Waals surface area contributed by atoms with Gasteiger partial charge in [0.2, 0.25) is 0 Å². The van der Waals surface area contributed by atoms with Crippen molar-refractivity contribution < 1.29 is 4.74 Å². The first-order valence-corrected chi connectivity index (χ1v) is 5.87. The van der Waals surface area contributed by atoms with Gasteiger partial charge in [-0.2, -0.15) is 0 Å². The summed E-state index contributed by atoms with van der Waals surface area (Å²) in [6.45, 7) is 7.08. The molecule has 1 fully saturated rings. The van der Waals surface area contributed by atoms with Crippen LogP contribution in [0, 0.1) is 0 Å². The van der Waals surface area contributed by atoms with Crippen LogP contribution in [0.2, 0.25) is 0 Å². The van der Waals surface area contributed by atoms with Crippen LogP contribution in [0.4, 0.5) is 5.82 Å². The summed E-state index contributed by atoms with van der Waals surface area (Å²) < 4.78 is 7.81. The van der Waals surface area contributed by atoms with E-state index in [0.717, 1.165) is 31.5 Å². The Hall–Kier alpha value is -1.10. The molecule has 2 rings (SSSR count). The van der Waals surface area contributed by atoms with Crippen LogP contribution in [0.3, 0.4) is 0 Å². The van der Waals surface area contributed by atoms with Crippen molar-refractivity contribution in [1.29, 1.82) is 0 Å². The Kier molecular flexibility index (Phi) is 2.88. The number of nitrogen functional groups attached to an aromatic ring is 1. The van der Waals surface area contributed by atoms with E-state index in [0.29, 0.717) is 5.82 Å². The van der Waals surface area contributed by atoms with Crippen molar-refractivity contribution in [3.63, 3.8) is 0 Å².